The lowest BCUT2D eigenvalue weighted by Crippen LogP contribution is -2.49. The van der Waals surface area contributed by atoms with Crippen molar-refractivity contribution in [1.82, 2.24) is 15.1 Å². The van der Waals surface area contributed by atoms with Gasteiger partial charge in [0.25, 0.3) is 5.91 Å². The van der Waals surface area contributed by atoms with Crippen LogP contribution in [0.3, 0.4) is 0 Å². The van der Waals surface area contributed by atoms with Gasteiger partial charge in [0, 0.05) is 24.9 Å². The minimum atomic E-state index is -0.551. The normalized spacial score (nSPS) is 16.3. The minimum Gasteiger partial charge on any atom is -0.453 e. The number of nitrogens with one attached hydrogen (secondary N) is 1. The van der Waals surface area contributed by atoms with Crippen molar-refractivity contribution in [2.24, 2.45) is 0 Å². The number of methoxy groups -OCH3 is 1. The van der Waals surface area contributed by atoms with Crippen molar-refractivity contribution in [3.05, 3.63) is 52.9 Å². The Morgan fingerprint density at radius 3 is 2.90 bits per heavy atom. The van der Waals surface area contributed by atoms with Crippen LogP contribution >= 0.6 is 11.3 Å². The topological polar surface area (TPSA) is 97.6 Å². The van der Waals surface area contributed by atoms with Crippen molar-refractivity contribution >= 4 is 28.8 Å². The van der Waals surface area contributed by atoms with E-state index in [1.807, 2.05) is 31.2 Å². The van der Waals surface area contributed by atoms with E-state index >= 15 is 0 Å². The molecule has 0 radical (unpaired) electrons. The number of hydrogen-bond donors (Lipinski definition) is 1. The number of rotatable bonds is 6. The Labute approximate surface area is 184 Å². The first-order valence-corrected chi connectivity index (χ1v) is 11.0. The van der Waals surface area contributed by atoms with E-state index < -0.39 is 6.04 Å². The average molecular weight is 441 g/mol. The summed E-state index contributed by atoms with van der Waals surface area (Å²) in [6.45, 7) is 2.71. The number of nitrogens with zero attached hydrogens (tertiary/aromatic N) is 3. The SMILES string of the molecule is COCc1ccc(C(=O)N2CCCCC2C(=O)Nc2cccc(-c3nnc(C)s3)c2)o1. The molecule has 162 valence electrons. The van der Waals surface area contributed by atoms with Crippen molar-refractivity contribution < 1.29 is 18.7 Å². The fourth-order valence-corrected chi connectivity index (χ4v) is 4.36. The number of ether oxygens (including phenoxy) is 1. The van der Waals surface area contributed by atoms with Crippen LogP contribution in [0, 0.1) is 6.92 Å². The van der Waals surface area contributed by atoms with E-state index in [1.165, 1.54) is 11.3 Å². The molecule has 31 heavy (non-hydrogen) atoms. The molecule has 3 heterocycles. The van der Waals surface area contributed by atoms with E-state index in [4.69, 9.17) is 9.15 Å². The van der Waals surface area contributed by atoms with Crippen LogP contribution in [0.5, 0.6) is 0 Å². The lowest BCUT2D eigenvalue weighted by molar-refractivity contribution is -0.121. The van der Waals surface area contributed by atoms with Gasteiger partial charge in [-0.15, -0.1) is 10.2 Å². The minimum absolute atomic E-state index is 0.206. The molecule has 0 bridgehead atoms. The Kier molecular flexibility index (Phi) is 6.43. The predicted molar refractivity (Wildman–Crippen MR) is 117 cm³/mol. The van der Waals surface area contributed by atoms with E-state index in [0.29, 0.717) is 31.0 Å². The van der Waals surface area contributed by atoms with Crippen LogP contribution in [0.2, 0.25) is 0 Å². The molecule has 2 aromatic heterocycles. The molecular formula is C22H24N4O4S. The lowest BCUT2D eigenvalue weighted by Gasteiger charge is -2.34. The standard InChI is InChI=1S/C22H24N4O4S/c1-14-24-25-21(31-14)15-6-5-7-16(12-15)23-20(27)18-8-3-4-11-26(18)22(28)19-10-9-17(30-19)13-29-2/h5-7,9-10,12,18H,3-4,8,11,13H2,1-2H3,(H,23,27). The summed E-state index contributed by atoms with van der Waals surface area (Å²) in [5.41, 5.74) is 1.55. The maximum Gasteiger partial charge on any atom is 0.290 e. The molecule has 1 aromatic carbocycles. The lowest BCUT2D eigenvalue weighted by atomic mass is 10.0. The van der Waals surface area contributed by atoms with Crippen molar-refractivity contribution in [1.29, 1.82) is 0 Å². The summed E-state index contributed by atoms with van der Waals surface area (Å²) in [6, 6.07) is 10.3. The molecule has 1 saturated heterocycles. The number of piperidine rings is 1. The summed E-state index contributed by atoms with van der Waals surface area (Å²) >= 11 is 1.50. The number of hydrogen-bond acceptors (Lipinski definition) is 7. The fourth-order valence-electron chi connectivity index (χ4n) is 3.67. The summed E-state index contributed by atoms with van der Waals surface area (Å²) < 4.78 is 10.6. The molecule has 9 heteroatoms. The van der Waals surface area contributed by atoms with Crippen LogP contribution < -0.4 is 5.32 Å². The Morgan fingerprint density at radius 2 is 2.13 bits per heavy atom. The zero-order valence-corrected chi connectivity index (χ0v) is 18.3. The average Bonchev–Trinajstić information content (AvgIpc) is 3.43. The van der Waals surface area contributed by atoms with Crippen molar-refractivity contribution in [3.63, 3.8) is 0 Å². The molecule has 0 saturated carbocycles. The van der Waals surface area contributed by atoms with Gasteiger partial charge < -0.3 is 19.4 Å². The second-order valence-electron chi connectivity index (χ2n) is 7.41. The van der Waals surface area contributed by atoms with Gasteiger partial charge in [0.15, 0.2) is 5.76 Å². The third kappa shape index (κ3) is 4.83. The summed E-state index contributed by atoms with van der Waals surface area (Å²) in [7, 11) is 1.57. The number of aromatic nitrogens is 2. The van der Waals surface area contributed by atoms with Crippen molar-refractivity contribution in [2.45, 2.75) is 38.8 Å². The highest BCUT2D eigenvalue weighted by Gasteiger charge is 2.34. The number of carbonyl (C=O) groups excluding carboxylic acids is 2. The molecule has 1 unspecified atom stereocenters. The van der Waals surface area contributed by atoms with Crippen LogP contribution in [0.25, 0.3) is 10.6 Å². The first-order valence-electron chi connectivity index (χ1n) is 10.1. The summed E-state index contributed by atoms with van der Waals surface area (Å²) in [4.78, 5) is 27.7. The number of furan rings is 1. The number of carbonyl (C=O) groups is 2. The molecule has 0 spiro atoms. The van der Waals surface area contributed by atoms with Gasteiger partial charge in [-0.3, -0.25) is 9.59 Å². The van der Waals surface area contributed by atoms with Gasteiger partial charge in [0.05, 0.1) is 0 Å². The molecule has 1 N–H and O–H groups in total. The molecule has 8 nitrogen and oxygen atoms in total. The Hall–Kier alpha value is -3.04. The quantitative estimate of drug-likeness (QED) is 0.625. The molecule has 1 aliphatic rings. The highest BCUT2D eigenvalue weighted by molar-refractivity contribution is 7.14. The molecule has 2 amide bonds. The highest BCUT2D eigenvalue weighted by atomic mass is 32.1. The predicted octanol–water partition coefficient (Wildman–Crippen LogP) is 3.89. The first-order chi connectivity index (χ1) is 15.0. The van der Waals surface area contributed by atoms with Gasteiger partial charge in [-0.25, -0.2) is 0 Å². The zero-order chi connectivity index (χ0) is 21.8. The number of anilines is 1. The van der Waals surface area contributed by atoms with E-state index in [2.05, 4.69) is 15.5 Å². The first kappa shape index (κ1) is 21.2. The van der Waals surface area contributed by atoms with Crippen molar-refractivity contribution in [3.8, 4) is 10.6 Å². The largest absolute Gasteiger partial charge is 0.453 e. The van der Waals surface area contributed by atoms with E-state index in [1.54, 1.807) is 24.1 Å². The van der Waals surface area contributed by atoms with Gasteiger partial charge in [-0.1, -0.05) is 23.5 Å². The van der Waals surface area contributed by atoms with Gasteiger partial charge in [-0.2, -0.15) is 0 Å². The maximum absolute atomic E-state index is 13.1. The Balaban J connectivity index is 1.49. The number of aryl methyl sites for hydroxylation is 1. The molecule has 1 atom stereocenters. The number of likely N-dealkylation sites (tertiary alicyclic amines) is 1. The second kappa shape index (κ2) is 9.40. The summed E-state index contributed by atoms with van der Waals surface area (Å²) in [5, 5.41) is 12.9. The Morgan fingerprint density at radius 1 is 1.26 bits per heavy atom. The fraction of sp³-hybridized carbons (Fsp3) is 0.364. The Bertz CT molecular complexity index is 1080. The van der Waals surface area contributed by atoms with Gasteiger partial charge >= 0.3 is 0 Å². The zero-order valence-electron chi connectivity index (χ0n) is 17.5. The molecule has 3 aromatic rings. The third-order valence-corrected chi connectivity index (χ3v) is 6.02. The molecular weight excluding hydrogens is 416 g/mol. The van der Waals surface area contributed by atoms with Crippen LogP contribution in [-0.2, 0) is 16.1 Å². The molecule has 0 aliphatic carbocycles. The van der Waals surface area contributed by atoms with Crippen LogP contribution in [0.1, 0.15) is 40.6 Å². The van der Waals surface area contributed by atoms with Gasteiger partial charge in [0.1, 0.15) is 28.4 Å². The van der Waals surface area contributed by atoms with E-state index in [-0.39, 0.29) is 17.6 Å². The van der Waals surface area contributed by atoms with Crippen LogP contribution in [0.4, 0.5) is 5.69 Å². The van der Waals surface area contributed by atoms with Gasteiger partial charge in [-0.05, 0) is 50.5 Å². The third-order valence-electron chi connectivity index (χ3n) is 5.13. The molecule has 1 fully saturated rings. The van der Waals surface area contributed by atoms with Crippen molar-refractivity contribution in [2.75, 3.05) is 19.0 Å². The highest BCUT2D eigenvalue weighted by Crippen LogP contribution is 2.27. The van der Waals surface area contributed by atoms with Crippen LogP contribution in [-0.4, -0.2) is 46.6 Å². The second-order valence-corrected chi connectivity index (χ2v) is 8.59. The monoisotopic (exact) mass is 440 g/mol. The number of amides is 2. The summed E-state index contributed by atoms with van der Waals surface area (Å²) in [6.07, 6.45) is 2.35. The van der Waals surface area contributed by atoms with Crippen LogP contribution in [0.15, 0.2) is 40.8 Å². The molecule has 4 rings (SSSR count). The van der Waals surface area contributed by atoms with E-state index in [9.17, 15) is 9.59 Å². The van der Waals surface area contributed by atoms with E-state index in [0.717, 1.165) is 28.4 Å². The maximum atomic E-state index is 13.1. The molecule has 1 aliphatic heterocycles. The smallest absolute Gasteiger partial charge is 0.290 e. The number of benzene rings is 1. The van der Waals surface area contributed by atoms with Gasteiger partial charge in [0.2, 0.25) is 5.91 Å². The summed E-state index contributed by atoms with van der Waals surface area (Å²) in [5.74, 6) is 0.315.